The third-order valence-corrected chi connectivity index (χ3v) is 5.83. The second-order valence-electron chi connectivity index (χ2n) is 7.39. The highest BCUT2D eigenvalue weighted by atomic mass is 16.7. The number of nitrogens with zero attached hydrogens (tertiary/aromatic N) is 1. The quantitative estimate of drug-likeness (QED) is 0.677. The lowest BCUT2D eigenvalue weighted by molar-refractivity contribution is -0.259. The zero-order valence-electron chi connectivity index (χ0n) is 15.3. The van der Waals surface area contributed by atoms with Crippen LogP contribution in [-0.4, -0.2) is 41.8 Å². The zero-order valence-corrected chi connectivity index (χ0v) is 15.3. The fourth-order valence-electron chi connectivity index (χ4n) is 4.36. The van der Waals surface area contributed by atoms with Crippen LogP contribution in [0.25, 0.3) is 0 Å². The van der Waals surface area contributed by atoms with E-state index in [1.165, 1.54) is 0 Å². The van der Waals surface area contributed by atoms with Crippen molar-refractivity contribution in [1.82, 2.24) is 4.90 Å². The fourth-order valence-corrected chi connectivity index (χ4v) is 4.36. The molecule has 3 aliphatic heterocycles. The van der Waals surface area contributed by atoms with Crippen LogP contribution >= 0.6 is 0 Å². The Morgan fingerprint density at radius 3 is 2.39 bits per heavy atom. The Hall–Kier alpha value is -2.52. The summed E-state index contributed by atoms with van der Waals surface area (Å²) in [5.41, 5.74) is 8.43. The van der Waals surface area contributed by atoms with Gasteiger partial charge in [0.1, 0.15) is 11.5 Å². The minimum Gasteiger partial charge on any atom is -0.454 e. The Morgan fingerprint density at radius 1 is 1.04 bits per heavy atom. The van der Waals surface area contributed by atoms with Gasteiger partial charge >= 0.3 is 0 Å². The van der Waals surface area contributed by atoms with Crippen LogP contribution in [0.4, 0.5) is 0 Å². The Kier molecular flexibility index (Phi) is 4.09. The standard InChI is InChI=1S/C20H23N3O5/c21-19-18(12-3-5-13(28-22)6-4-12)14-9-16-17(26-11-25-16)10-15(14)27-20(19,24)23-7-1-2-8-23/h3-6,9-10,18-19,24H,1-2,7-8,11,21-22H2. The normalized spacial score (nSPS) is 28.7. The summed E-state index contributed by atoms with van der Waals surface area (Å²) in [6.07, 6.45) is 2.00. The van der Waals surface area contributed by atoms with Crippen LogP contribution in [0.2, 0.25) is 0 Å². The average Bonchev–Trinajstić information content (AvgIpc) is 3.40. The van der Waals surface area contributed by atoms with Crippen molar-refractivity contribution in [2.45, 2.75) is 30.7 Å². The number of fused-ring (bicyclic) bond motifs is 2. The molecular weight excluding hydrogens is 362 g/mol. The first kappa shape index (κ1) is 17.6. The molecule has 3 aliphatic rings. The summed E-state index contributed by atoms with van der Waals surface area (Å²) >= 11 is 0. The Labute approximate surface area is 162 Å². The number of likely N-dealkylation sites (tertiary alicyclic amines) is 1. The average molecular weight is 385 g/mol. The number of aliphatic hydroxyl groups is 1. The van der Waals surface area contributed by atoms with E-state index >= 15 is 0 Å². The van der Waals surface area contributed by atoms with Gasteiger partial charge in [-0.25, -0.2) is 4.90 Å². The lowest BCUT2D eigenvalue weighted by Gasteiger charge is -2.47. The van der Waals surface area contributed by atoms with Gasteiger partial charge in [-0.15, -0.1) is 0 Å². The first-order chi connectivity index (χ1) is 13.6. The van der Waals surface area contributed by atoms with Gasteiger partial charge in [-0.3, -0.25) is 0 Å². The predicted octanol–water partition coefficient (Wildman–Crippen LogP) is 1.26. The van der Waals surface area contributed by atoms with Crippen LogP contribution < -0.4 is 30.7 Å². The molecule has 28 heavy (non-hydrogen) atoms. The van der Waals surface area contributed by atoms with Crippen LogP contribution in [0.5, 0.6) is 23.0 Å². The number of hydrogen-bond donors (Lipinski definition) is 3. The van der Waals surface area contributed by atoms with Crippen molar-refractivity contribution in [2.24, 2.45) is 11.6 Å². The van der Waals surface area contributed by atoms with Gasteiger partial charge in [-0.2, -0.15) is 5.90 Å². The summed E-state index contributed by atoms with van der Waals surface area (Å²) in [7, 11) is 0. The lowest BCUT2D eigenvalue weighted by Crippen LogP contribution is -2.66. The van der Waals surface area contributed by atoms with Crippen molar-refractivity contribution in [3.63, 3.8) is 0 Å². The van der Waals surface area contributed by atoms with E-state index in [-0.39, 0.29) is 12.7 Å². The van der Waals surface area contributed by atoms with E-state index in [0.29, 0.717) is 23.0 Å². The highest BCUT2D eigenvalue weighted by Gasteiger charge is 2.52. The van der Waals surface area contributed by atoms with Gasteiger partial charge in [0, 0.05) is 30.6 Å². The maximum atomic E-state index is 11.5. The fraction of sp³-hybridized carbons (Fsp3) is 0.400. The number of rotatable bonds is 3. The molecule has 2 aromatic carbocycles. The molecule has 0 radical (unpaired) electrons. The predicted molar refractivity (Wildman–Crippen MR) is 100 cm³/mol. The van der Waals surface area contributed by atoms with Gasteiger partial charge in [0.05, 0.1) is 6.04 Å². The lowest BCUT2D eigenvalue weighted by atomic mass is 9.80. The number of ether oxygens (including phenoxy) is 3. The Bertz CT molecular complexity index is 884. The molecule has 1 saturated heterocycles. The van der Waals surface area contributed by atoms with Gasteiger partial charge in [-0.1, -0.05) is 12.1 Å². The molecule has 148 valence electrons. The maximum Gasteiger partial charge on any atom is 0.287 e. The topological polar surface area (TPSA) is 112 Å². The molecule has 3 unspecified atom stereocenters. The van der Waals surface area contributed by atoms with E-state index in [1.807, 2.05) is 23.1 Å². The van der Waals surface area contributed by atoms with Crippen molar-refractivity contribution in [2.75, 3.05) is 19.9 Å². The second kappa shape index (κ2) is 6.52. The van der Waals surface area contributed by atoms with E-state index in [0.717, 1.165) is 37.1 Å². The van der Waals surface area contributed by atoms with Crippen LogP contribution in [0.1, 0.15) is 29.9 Å². The highest BCUT2D eigenvalue weighted by molar-refractivity contribution is 5.57. The highest BCUT2D eigenvalue weighted by Crippen LogP contribution is 2.49. The van der Waals surface area contributed by atoms with E-state index < -0.39 is 12.0 Å². The number of benzene rings is 2. The van der Waals surface area contributed by atoms with Gasteiger partial charge in [-0.05, 0) is 36.6 Å². The van der Waals surface area contributed by atoms with E-state index in [4.69, 9.17) is 30.7 Å². The summed E-state index contributed by atoms with van der Waals surface area (Å²) in [4.78, 5) is 6.70. The first-order valence-electron chi connectivity index (χ1n) is 9.42. The minimum atomic E-state index is -1.61. The Balaban J connectivity index is 1.64. The Morgan fingerprint density at radius 2 is 1.71 bits per heavy atom. The van der Waals surface area contributed by atoms with Crippen LogP contribution in [0.3, 0.4) is 0 Å². The molecule has 0 aromatic heterocycles. The van der Waals surface area contributed by atoms with Crippen molar-refractivity contribution in [3.05, 3.63) is 47.5 Å². The molecule has 0 bridgehead atoms. The molecule has 0 aliphatic carbocycles. The van der Waals surface area contributed by atoms with Gasteiger partial charge in [0.2, 0.25) is 6.79 Å². The van der Waals surface area contributed by atoms with E-state index in [2.05, 4.69) is 0 Å². The number of hydrogen-bond acceptors (Lipinski definition) is 8. The third kappa shape index (κ3) is 2.61. The molecule has 0 spiro atoms. The largest absolute Gasteiger partial charge is 0.454 e. The molecular formula is C20H23N3O5. The van der Waals surface area contributed by atoms with Crippen LogP contribution in [-0.2, 0) is 0 Å². The first-order valence-corrected chi connectivity index (χ1v) is 9.42. The molecule has 1 fully saturated rings. The van der Waals surface area contributed by atoms with Crippen molar-refractivity contribution >= 4 is 0 Å². The molecule has 3 heterocycles. The molecule has 8 heteroatoms. The van der Waals surface area contributed by atoms with E-state index in [1.54, 1.807) is 18.2 Å². The van der Waals surface area contributed by atoms with Crippen molar-refractivity contribution in [1.29, 1.82) is 0 Å². The molecule has 3 atom stereocenters. The summed E-state index contributed by atoms with van der Waals surface area (Å²) in [6.45, 7) is 1.63. The van der Waals surface area contributed by atoms with Crippen molar-refractivity contribution < 1.29 is 24.2 Å². The molecule has 5 N–H and O–H groups in total. The van der Waals surface area contributed by atoms with Crippen LogP contribution in [0.15, 0.2) is 36.4 Å². The molecule has 2 aromatic rings. The smallest absolute Gasteiger partial charge is 0.287 e. The zero-order chi connectivity index (χ0) is 19.3. The SMILES string of the molecule is NOc1ccc(C2c3cc4c(cc3OC(O)(N3CCCC3)C2N)OCO4)cc1. The monoisotopic (exact) mass is 385 g/mol. The van der Waals surface area contributed by atoms with Gasteiger partial charge in [0.25, 0.3) is 5.91 Å². The van der Waals surface area contributed by atoms with Crippen molar-refractivity contribution in [3.8, 4) is 23.0 Å². The summed E-state index contributed by atoms with van der Waals surface area (Å²) in [5, 5.41) is 11.5. The maximum absolute atomic E-state index is 11.5. The summed E-state index contributed by atoms with van der Waals surface area (Å²) in [5.74, 6) is 5.67. The second-order valence-corrected chi connectivity index (χ2v) is 7.39. The third-order valence-electron chi connectivity index (χ3n) is 5.83. The van der Waals surface area contributed by atoms with E-state index in [9.17, 15) is 5.11 Å². The molecule has 0 saturated carbocycles. The number of nitrogens with two attached hydrogens (primary N) is 2. The minimum absolute atomic E-state index is 0.161. The molecule has 5 rings (SSSR count). The summed E-state index contributed by atoms with van der Waals surface area (Å²) < 4.78 is 17.2. The van der Waals surface area contributed by atoms with Gasteiger partial charge in [0.15, 0.2) is 11.5 Å². The molecule has 8 nitrogen and oxygen atoms in total. The van der Waals surface area contributed by atoms with Crippen LogP contribution in [0, 0.1) is 0 Å². The molecule has 0 amide bonds. The summed E-state index contributed by atoms with van der Waals surface area (Å²) in [6, 6.07) is 10.3. The van der Waals surface area contributed by atoms with Gasteiger partial charge < -0.3 is 29.9 Å².